The van der Waals surface area contributed by atoms with Gasteiger partial charge in [0.15, 0.2) is 11.6 Å². The number of nitrogens with zero attached hydrogens (tertiary/aromatic N) is 2. The minimum atomic E-state index is -0.749. The third-order valence-electron chi connectivity index (χ3n) is 6.27. The zero-order chi connectivity index (χ0) is 25.6. The Balaban J connectivity index is 1.52. The number of hydrogen-bond acceptors (Lipinski definition) is 7. The zero-order valence-corrected chi connectivity index (χ0v) is 19.1. The van der Waals surface area contributed by atoms with Gasteiger partial charge in [-0.3, -0.25) is 24.1 Å². The molecule has 36 heavy (non-hydrogen) atoms. The predicted molar refractivity (Wildman–Crippen MR) is 128 cm³/mol. The summed E-state index contributed by atoms with van der Waals surface area (Å²) in [5, 5.41) is 18.6. The van der Waals surface area contributed by atoms with E-state index < -0.39 is 18.4 Å². The average Bonchev–Trinajstić information content (AvgIpc) is 3.36. The van der Waals surface area contributed by atoms with Crippen molar-refractivity contribution >= 4 is 29.5 Å². The second-order valence-electron chi connectivity index (χ2n) is 8.32. The Labute approximate surface area is 205 Å². The van der Waals surface area contributed by atoms with Crippen molar-refractivity contribution in [2.24, 2.45) is 0 Å². The van der Waals surface area contributed by atoms with Gasteiger partial charge in [0.2, 0.25) is 0 Å². The monoisotopic (exact) mass is 478 g/mol. The highest BCUT2D eigenvalue weighted by Crippen LogP contribution is 2.33. The fourth-order valence-electron chi connectivity index (χ4n) is 4.41. The number of furan rings is 1. The summed E-state index contributed by atoms with van der Waals surface area (Å²) >= 11 is 0. The lowest BCUT2D eigenvalue weighted by molar-refractivity contribution is -0.141. The number of rotatable bonds is 4. The number of benzene rings is 2. The molecule has 8 heteroatoms. The average molecular weight is 478 g/mol. The summed E-state index contributed by atoms with van der Waals surface area (Å²) in [6.07, 6.45) is 1.43. The molecule has 0 radical (unpaired) electrons. The molecule has 0 atom stereocenters. The number of imide groups is 1. The van der Waals surface area contributed by atoms with Crippen molar-refractivity contribution in [3.05, 3.63) is 99.3 Å². The molecule has 0 saturated carbocycles. The van der Waals surface area contributed by atoms with Crippen LogP contribution in [0, 0.1) is 11.3 Å². The van der Waals surface area contributed by atoms with Crippen LogP contribution in [0.15, 0.2) is 75.7 Å². The number of aliphatic hydroxyl groups excluding tert-OH is 1. The molecule has 3 aromatic rings. The van der Waals surface area contributed by atoms with Gasteiger partial charge in [0.05, 0.1) is 13.2 Å². The van der Waals surface area contributed by atoms with Crippen molar-refractivity contribution in [2.75, 3.05) is 13.2 Å². The van der Waals surface area contributed by atoms with Crippen LogP contribution in [-0.4, -0.2) is 46.5 Å². The number of nitriles is 1. The number of β-amino-alcohol motifs (C(OH)–C–C–N with tert-alkyl or cyclic N) is 1. The lowest BCUT2D eigenvalue weighted by Crippen LogP contribution is -2.44. The van der Waals surface area contributed by atoms with E-state index in [1.54, 1.807) is 54.6 Å². The minimum absolute atomic E-state index is 0.100. The van der Waals surface area contributed by atoms with Gasteiger partial charge in [-0.1, -0.05) is 30.3 Å². The summed E-state index contributed by atoms with van der Waals surface area (Å²) in [7, 11) is 0. The van der Waals surface area contributed by atoms with Crippen molar-refractivity contribution in [2.45, 2.75) is 6.92 Å². The van der Waals surface area contributed by atoms with Gasteiger partial charge in [-0.25, -0.2) is 0 Å². The minimum Gasteiger partial charge on any atom is -0.457 e. The Morgan fingerprint density at radius 1 is 0.917 bits per heavy atom. The van der Waals surface area contributed by atoms with E-state index in [1.807, 2.05) is 6.07 Å². The van der Waals surface area contributed by atoms with Gasteiger partial charge in [-0.15, -0.1) is 0 Å². The lowest BCUT2D eigenvalue weighted by Gasteiger charge is -2.26. The van der Waals surface area contributed by atoms with Crippen LogP contribution in [0.4, 0.5) is 0 Å². The van der Waals surface area contributed by atoms with Crippen LogP contribution in [0.3, 0.4) is 0 Å². The van der Waals surface area contributed by atoms with E-state index >= 15 is 0 Å². The van der Waals surface area contributed by atoms with Crippen LogP contribution in [0.5, 0.6) is 0 Å². The largest absolute Gasteiger partial charge is 0.457 e. The zero-order valence-electron chi connectivity index (χ0n) is 19.1. The molecule has 8 nitrogen and oxygen atoms in total. The van der Waals surface area contributed by atoms with E-state index in [0.717, 1.165) is 4.90 Å². The van der Waals surface area contributed by atoms with Gasteiger partial charge in [-0.05, 0) is 42.8 Å². The fraction of sp³-hybridized carbons (Fsp3) is 0.107. The molecule has 1 N–H and O–H groups in total. The molecule has 5 rings (SSSR count). The third kappa shape index (κ3) is 3.50. The lowest BCUT2D eigenvalue weighted by atomic mass is 9.83. The molecule has 0 saturated heterocycles. The Morgan fingerprint density at radius 3 is 2.25 bits per heavy atom. The van der Waals surface area contributed by atoms with Crippen molar-refractivity contribution in [1.29, 1.82) is 5.26 Å². The standard InChI is InChI=1S/C28H18N2O6/c1-15-21(27(34)30(10-11-31)28(35)23(15)14-29)13-17-7-9-24(36-17)16-6-8-20-22(12-16)26(33)19-5-3-2-4-18(19)25(20)32/h2-9,12-13,31H,10-11H2,1H3/b21-13+. The summed E-state index contributed by atoms with van der Waals surface area (Å²) in [4.78, 5) is 52.0. The quantitative estimate of drug-likeness (QED) is 0.352. The van der Waals surface area contributed by atoms with Gasteiger partial charge >= 0.3 is 0 Å². The van der Waals surface area contributed by atoms with E-state index in [1.165, 1.54) is 13.0 Å². The highest BCUT2D eigenvalue weighted by Gasteiger charge is 2.35. The maximum atomic E-state index is 13.0. The predicted octanol–water partition coefficient (Wildman–Crippen LogP) is 3.31. The summed E-state index contributed by atoms with van der Waals surface area (Å²) in [5.74, 6) is -1.17. The summed E-state index contributed by atoms with van der Waals surface area (Å²) in [6.45, 7) is 0.837. The van der Waals surface area contributed by atoms with Crippen LogP contribution in [0.25, 0.3) is 17.4 Å². The smallest absolute Gasteiger partial charge is 0.271 e. The Morgan fingerprint density at radius 2 is 1.58 bits per heavy atom. The first-order valence-electron chi connectivity index (χ1n) is 11.1. The second kappa shape index (κ2) is 8.73. The molecule has 2 heterocycles. The molecule has 1 aliphatic heterocycles. The van der Waals surface area contributed by atoms with Gasteiger partial charge in [0, 0.05) is 33.4 Å². The Hall–Kier alpha value is -4.87. The number of hydrogen-bond donors (Lipinski definition) is 1. The Kier molecular flexibility index (Phi) is 5.55. The second-order valence-corrected chi connectivity index (χ2v) is 8.32. The summed E-state index contributed by atoms with van der Waals surface area (Å²) < 4.78 is 5.90. The van der Waals surface area contributed by atoms with Crippen LogP contribution >= 0.6 is 0 Å². The van der Waals surface area contributed by atoms with Crippen molar-refractivity contribution in [1.82, 2.24) is 4.90 Å². The molecule has 176 valence electrons. The van der Waals surface area contributed by atoms with Crippen LogP contribution < -0.4 is 0 Å². The molecule has 0 spiro atoms. The third-order valence-corrected chi connectivity index (χ3v) is 6.27. The number of amides is 2. The fourth-order valence-corrected chi connectivity index (χ4v) is 4.41. The molecule has 2 amide bonds. The van der Waals surface area contributed by atoms with Crippen molar-refractivity contribution in [3.63, 3.8) is 0 Å². The van der Waals surface area contributed by atoms with E-state index in [2.05, 4.69) is 0 Å². The normalized spacial score (nSPS) is 16.4. The molecule has 0 unspecified atom stereocenters. The maximum Gasteiger partial charge on any atom is 0.271 e. The van der Waals surface area contributed by atoms with Crippen LogP contribution in [0.2, 0.25) is 0 Å². The summed E-state index contributed by atoms with van der Waals surface area (Å²) in [5.41, 5.74) is 2.04. The SMILES string of the molecule is CC1=C(C#N)C(=O)N(CCO)C(=O)/C1=C/c1ccc(-c2ccc3c(c2)C(=O)c2ccccc2C3=O)o1. The van der Waals surface area contributed by atoms with E-state index in [4.69, 9.17) is 4.42 Å². The first-order chi connectivity index (χ1) is 17.3. The highest BCUT2D eigenvalue weighted by molar-refractivity contribution is 6.28. The molecular formula is C28H18N2O6. The van der Waals surface area contributed by atoms with Gasteiger partial charge < -0.3 is 9.52 Å². The summed E-state index contributed by atoms with van der Waals surface area (Å²) in [6, 6.07) is 16.7. The molecular weight excluding hydrogens is 460 g/mol. The number of carbonyl (C=O) groups excluding carboxylic acids is 4. The molecule has 1 aromatic heterocycles. The van der Waals surface area contributed by atoms with Crippen molar-refractivity contribution in [3.8, 4) is 17.4 Å². The molecule has 2 aliphatic rings. The van der Waals surface area contributed by atoms with Crippen LogP contribution in [-0.2, 0) is 9.59 Å². The highest BCUT2D eigenvalue weighted by atomic mass is 16.3. The van der Waals surface area contributed by atoms with E-state index in [0.29, 0.717) is 28.0 Å². The van der Waals surface area contributed by atoms with E-state index in [-0.39, 0.29) is 46.2 Å². The number of ketones is 2. The Bertz CT molecular complexity index is 1600. The number of aliphatic hydroxyl groups is 1. The number of fused-ring (bicyclic) bond motifs is 2. The van der Waals surface area contributed by atoms with E-state index in [9.17, 15) is 29.5 Å². The molecule has 2 aromatic carbocycles. The molecule has 1 aliphatic carbocycles. The van der Waals surface area contributed by atoms with Crippen molar-refractivity contribution < 1.29 is 28.7 Å². The first-order valence-corrected chi connectivity index (χ1v) is 11.1. The van der Waals surface area contributed by atoms with Gasteiger partial charge in [0.1, 0.15) is 23.2 Å². The van der Waals surface area contributed by atoms with Gasteiger partial charge in [-0.2, -0.15) is 5.26 Å². The first kappa shape index (κ1) is 22.9. The maximum absolute atomic E-state index is 13.0. The number of carbonyl (C=O) groups is 4. The topological polar surface area (TPSA) is 129 Å². The molecule has 0 fully saturated rings. The molecule has 0 bridgehead atoms. The van der Waals surface area contributed by atoms with Crippen LogP contribution in [0.1, 0.15) is 44.5 Å². The van der Waals surface area contributed by atoms with Gasteiger partial charge in [0.25, 0.3) is 11.8 Å².